The Morgan fingerprint density at radius 1 is 1.60 bits per heavy atom. The van der Waals surface area contributed by atoms with Gasteiger partial charge in [-0.25, -0.2) is 0 Å². The predicted octanol–water partition coefficient (Wildman–Crippen LogP) is 1.97. The van der Waals surface area contributed by atoms with Crippen molar-refractivity contribution in [3.05, 3.63) is 0 Å². The Kier molecular flexibility index (Phi) is 5.47. The SMILES string of the molecule is CCSC1CCC(NCC(C)C(=O)O)C1. The van der Waals surface area contributed by atoms with E-state index in [-0.39, 0.29) is 5.92 Å². The van der Waals surface area contributed by atoms with Gasteiger partial charge >= 0.3 is 5.97 Å². The molecule has 88 valence electrons. The third-order valence-corrected chi connectivity index (χ3v) is 4.15. The molecule has 1 fully saturated rings. The highest BCUT2D eigenvalue weighted by Gasteiger charge is 2.24. The molecule has 1 aliphatic rings. The quantitative estimate of drug-likeness (QED) is 0.734. The van der Waals surface area contributed by atoms with Crippen LogP contribution < -0.4 is 5.32 Å². The lowest BCUT2D eigenvalue weighted by atomic mass is 10.1. The van der Waals surface area contributed by atoms with Crippen LogP contribution >= 0.6 is 11.8 Å². The van der Waals surface area contributed by atoms with Gasteiger partial charge in [0.15, 0.2) is 0 Å². The molecular weight excluding hydrogens is 210 g/mol. The van der Waals surface area contributed by atoms with E-state index in [0.29, 0.717) is 12.6 Å². The molecule has 0 heterocycles. The number of carboxylic acid groups (broad SMARTS) is 1. The Bertz CT molecular complexity index is 211. The van der Waals surface area contributed by atoms with Crippen molar-refractivity contribution in [1.29, 1.82) is 0 Å². The first-order chi connectivity index (χ1) is 7.13. The number of nitrogens with one attached hydrogen (secondary N) is 1. The molecular formula is C11H21NO2S. The van der Waals surface area contributed by atoms with Crippen LogP contribution in [0.3, 0.4) is 0 Å². The number of hydrogen-bond acceptors (Lipinski definition) is 3. The summed E-state index contributed by atoms with van der Waals surface area (Å²) >= 11 is 2.03. The topological polar surface area (TPSA) is 49.3 Å². The summed E-state index contributed by atoms with van der Waals surface area (Å²) in [6.45, 7) is 4.55. The zero-order valence-corrected chi connectivity index (χ0v) is 10.3. The first-order valence-corrected chi connectivity index (χ1v) is 6.76. The van der Waals surface area contributed by atoms with Gasteiger partial charge in [-0.2, -0.15) is 11.8 Å². The Hall–Kier alpha value is -0.220. The van der Waals surface area contributed by atoms with Gasteiger partial charge in [-0.3, -0.25) is 4.79 Å². The molecule has 3 nitrogen and oxygen atoms in total. The van der Waals surface area contributed by atoms with Gasteiger partial charge in [0.2, 0.25) is 0 Å². The Morgan fingerprint density at radius 2 is 2.33 bits per heavy atom. The molecule has 1 aliphatic carbocycles. The molecule has 3 atom stereocenters. The maximum absolute atomic E-state index is 10.6. The van der Waals surface area contributed by atoms with Gasteiger partial charge in [-0.05, 0) is 25.0 Å². The molecule has 0 radical (unpaired) electrons. The molecule has 2 N–H and O–H groups in total. The number of thioether (sulfide) groups is 1. The van der Waals surface area contributed by atoms with E-state index in [2.05, 4.69) is 12.2 Å². The van der Waals surface area contributed by atoms with Crippen LogP contribution in [-0.4, -0.2) is 34.7 Å². The number of aliphatic carboxylic acids is 1. The van der Waals surface area contributed by atoms with Crippen molar-refractivity contribution in [2.45, 2.75) is 44.4 Å². The van der Waals surface area contributed by atoms with E-state index in [1.165, 1.54) is 25.0 Å². The fraction of sp³-hybridized carbons (Fsp3) is 0.909. The smallest absolute Gasteiger partial charge is 0.307 e. The molecule has 0 aromatic rings. The molecule has 0 aromatic carbocycles. The molecule has 1 rings (SSSR count). The van der Waals surface area contributed by atoms with Crippen LogP contribution in [0, 0.1) is 5.92 Å². The second-order valence-electron chi connectivity index (χ2n) is 4.23. The summed E-state index contributed by atoms with van der Waals surface area (Å²) in [5, 5.41) is 12.9. The van der Waals surface area contributed by atoms with Gasteiger partial charge in [0.1, 0.15) is 0 Å². The van der Waals surface area contributed by atoms with Crippen molar-refractivity contribution in [2.75, 3.05) is 12.3 Å². The molecule has 4 heteroatoms. The Balaban J connectivity index is 2.16. The van der Waals surface area contributed by atoms with Crippen LogP contribution in [0.15, 0.2) is 0 Å². The predicted molar refractivity (Wildman–Crippen MR) is 64.4 cm³/mol. The molecule has 0 amide bonds. The first-order valence-electron chi connectivity index (χ1n) is 5.71. The zero-order chi connectivity index (χ0) is 11.3. The maximum atomic E-state index is 10.6. The van der Waals surface area contributed by atoms with Crippen LogP contribution in [0.25, 0.3) is 0 Å². The minimum atomic E-state index is -0.708. The highest BCUT2D eigenvalue weighted by atomic mass is 32.2. The van der Waals surface area contributed by atoms with Crippen molar-refractivity contribution in [3.63, 3.8) is 0 Å². The number of carbonyl (C=O) groups is 1. The zero-order valence-electron chi connectivity index (χ0n) is 9.53. The molecule has 15 heavy (non-hydrogen) atoms. The van der Waals surface area contributed by atoms with E-state index in [1.54, 1.807) is 6.92 Å². The van der Waals surface area contributed by atoms with Gasteiger partial charge in [0.05, 0.1) is 5.92 Å². The van der Waals surface area contributed by atoms with Crippen molar-refractivity contribution in [1.82, 2.24) is 5.32 Å². The lowest BCUT2D eigenvalue weighted by Crippen LogP contribution is -2.33. The monoisotopic (exact) mass is 231 g/mol. The highest BCUT2D eigenvalue weighted by molar-refractivity contribution is 7.99. The largest absolute Gasteiger partial charge is 0.481 e. The summed E-state index contributed by atoms with van der Waals surface area (Å²) in [5.74, 6) is 0.200. The first kappa shape index (κ1) is 12.8. The number of rotatable bonds is 6. The third kappa shape index (κ3) is 4.43. The molecule has 0 aromatic heterocycles. The van der Waals surface area contributed by atoms with Gasteiger partial charge in [-0.1, -0.05) is 13.8 Å². The van der Waals surface area contributed by atoms with Crippen molar-refractivity contribution in [3.8, 4) is 0 Å². The Morgan fingerprint density at radius 3 is 2.93 bits per heavy atom. The highest BCUT2D eigenvalue weighted by Crippen LogP contribution is 2.29. The maximum Gasteiger partial charge on any atom is 0.307 e. The average Bonchev–Trinajstić information content (AvgIpc) is 2.62. The molecule has 3 unspecified atom stereocenters. The lowest BCUT2D eigenvalue weighted by molar-refractivity contribution is -0.140. The van der Waals surface area contributed by atoms with Crippen LogP contribution in [0.4, 0.5) is 0 Å². The molecule has 0 bridgehead atoms. The summed E-state index contributed by atoms with van der Waals surface area (Å²) in [6.07, 6.45) is 3.67. The summed E-state index contributed by atoms with van der Waals surface area (Å²) < 4.78 is 0. The third-order valence-electron chi connectivity index (χ3n) is 2.92. The van der Waals surface area contributed by atoms with Gasteiger partial charge in [0, 0.05) is 17.8 Å². The minimum Gasteiger partial charge on any atom is -0.481 e. The second-order valence-corrected chi connectivity index (χ2v) is 5.81. The van der Waals surface area contributed by atoms with Gasteiger partial charge in [-0.15, -0.1) is 0 Å². The molecule has 0 spiro atoms. The Labute approximate surface area is 96.0 Å². The second kappa shape index (κ2) is 6.38. The standard InChI is InChI=1S/C11H21NO2S/c1-3-15-10-5-4-9(6-10)12-7-8(2)11(13)14/h8-10,12H,3-7H2,1-2H3,(H,13,14). The average molecular weight is 231 g/mol. The van der Waals surface area contributed by atoms with Crippen molar-refractivity contribution < 1.29 is 9.90 Å². The van der Waals surface area contributed by atoms with Gasteiger partial charge in [0.25, 0.3) is 0 Å². The molecule has 0 aliphatic heterocycles. The van der Waals surface area contributed by atoms with Gasteiger partial charge < -0.3 is 10.4 Å². The lowest BCUT2D eigenvalue weighted by Gasteiger charge is -2.14. The van der Waals surface area contributed by atoms with Crippen LogP contribution in [0.5, 0.6) is 0 Å². The number of hydrogen-bond donors (Lipinski definition) is 2. The van der Waals surface area contributed by atoms with E-state index < -0.39 is 5.97 Å². The summed E-state index contributed by atoms with van der Waals surface area (Å²) in [4.78, 5) is 10.6. The summed E-state index contributed by atoms with van der Waals surface area (Å²) in [7, 11) is 0. The van der Waals surface area contributed by atoms with E-state index in [4.69, 9.17) is 5.11 Å². The van der Waals surface area contributed by atoms with E-state index >= 15 is 0 Å². The van der Waals surface area contributed by atoms with E-state index in [0.717, 1.165) is 5.25 Å². The summed E-state index contributed by atoms with van der Waals surface area (Å²) in [5.41, 5.74) is 0. The van der Waals surface area contributed by atoms with Crippen LogP contribution in [0.2, 0.25) is 0 Å². The van der Waals surface area contributed by atoms with Crippen LogP contribution in [-0.2, 0) is 4.79 Å². The van der Waals surface area contributed by atoms with Crippen molar-refractivity contribution in [2.24, 2.45) is 5.92 Å². The van der Waals surface area contributed by atoms with Crippen LogP contribution in [0.1, 0.15) is 33.1 Å². The molecule has 1 saturated carbocycles. The van der Waals surface area contributed by atoms with E-state index in [9.17, 15) is 4.79 Å². The van der Waals surface area contributed by atoms with E-state index in [1.807, 2.05) is 11.8 Å². The molecule has 0 saturated heterocycles. The fourth-order valence-corrected chi connectivity index (χ4v) is 3.09. The normalized spacial score (nSPS) is 27.9. The van der Waals surface area contributed by atoms with Crippen molar-refractivity contribution >= 4 is 17.7 Å². The number of carboxylic acids is 1. The summed E-state index contributed by atoms with van der Waals surface area (Å²) in [6, 6.07) is 0.538. The fourth-order valence-electron chi connectivity index (χ4n) is 1.94. The minimum absolute atomic E-state index is 0.275.